The summed E-state index contributed by atoms with van der Waals surface area (Å²) in [5, 5.41) is 22.1. The standard InChI is InChI=1S/C17H14N8O2/c26-16(19-12-5-7-13(8-6-12)25-11-18-21-23-25)9-10-24-17(27)14-3-1-2-4-15(14)20-22-24/h1-8,11H,9-10H2,(H,19,26). The van der Waals surface area contributed by atoms with E-state index in [9.17, 15) is 9.59 Å². The Balaban J connectivity index is 1.40. The van der Waals surface area contributed by atoms with Gasteiger partial charge in [-0.3, -0.25) is 9.59 Å². The maximum atomic E-state index is 12.4. The van der Waals surface area contributed by atoms with E-state index in [1.807, 2.05) is 0 Å². The highest BCUT2D eigenvalue weighted by molar-refractivity contribution is 5.90. The van der Waals surface area contributed by atoms with Crippen LogP contribution in [-0.4, -0.2) is 41.1 Å². The van der Waals surface area contributed by atoms with Crippen molar-refractivity contribution in [2.75, 3.05) is 5.32 Å². The number of amides is 1. The van der Waals surface area contributed by atoms with Crippen molar-refractivity contribution in [2.45, 2.75) is 13.0 Å². The first-order valence-corrected chi connectivity index (χ1v) is 8.16. The van der Waals surface area contributed by atoms with E-state index >= 15 is 0 Å². The van der Waals surface area contributed by atoms with Gasteiger partial charge in [0.2, 0.25) is 5.91 Å². The number of anilines is 1. The van der Waals surface area contributed by atoms with Gasteiger partial charge in [-0.25, -0.2) is 9.36 Å². The number of carbonyl (C=O) groups is 1. The smallest absolute Gasteiger partial charge is 0.277 e. The zero-order valence-corrected chi connectivity index (χ0v) is 14.1. The van der Waals surface area contributed by atoms with Crippen LogP contribution in [0.5, 0.6) is 0 Å². The van der Waals surface area contributed by atoms with Gasteiger partial charge in [-0.1, -0.05) is 17.3 Å². The number of carbonyl (C=O) groups excluding carboxylic acids is 1. The van der Waals surface area contributed by atoms with Gasteiger partial charge in [0, 0.05) is 12.1 Å². The number of aryl methyl sites for hydroxylation is 1. The Morgan fingerprint density at radius 2 is 1.85 bits per heavy atom. The van der Waals surface area contributed by atoms with Crippen molar-refractivity contribution in [1.82, 2.24) is 35.2 Å². The van der Waals surface area contributed by atoms with Crippen LogP contribution in [-0.2, 0) is 11.3 Å². The van der Waals surface area contributed by atoms with E-state index in [2.05, 4.69) is 31.2 Å². The van der Waals surface area contributed by atoms with E-state index in [1.165, 1.54) is 15.7 Å². The highest BCUT2D eigenvalue weighted by atomic mass is 16.2. The van der Waals surface area contributed by atoms with Crippen LogP contribution < -0.4 is 10.9 Å². The SMILES string of the molecule is O=C(CCn1nnc2ccccc2c1=O)Nc1ccc(-n2cnnn2)cc1. The molecule has 0 saturated carbocycles. The summed E-state index contributed by atoms with van der Waals surface area (Å²) in [4.78, 5) is 24.5. The van der Waals surface area contributed by atoms with Crippen molar-refractivity contribution in [1.29, 1.82) is 0 Å². The monoisotopic (exact) mass is 362 g/mol. The number of rotatable bonds is 5. The first-order chi connectivity index (χ1) is 13.2. The lowest BCUT2D eigenvalue weighted by Crippen LogP contribution is -2.26. The Kier molecular flexibility index (Phi) is 4.35. The molecular formula is C17H14N8O2. The molecule has 0 fully saturated rings. The number of fused-ring (bicyclic) bond motifs is 1. The Morgan fingerprint density at radius 1 is 1.04 bits per heavy atom. The highest BCUT2D eigenvalue weighted by Crippen LogP contribution is 2.12. The number of hydrogen-bond donors (Lipinski definition) is 1. The molecule has 1 amide bonds. The van der Waals surface area contributed by atoms with E-state index in [0.29, 0.717) is 16.6 Å². The third kappa shape index (κ3) is 3.54. The molecule has 4 aromatic rings. The lowest BCUT2D eigenvalue weighted by atomic mass is 10.2. The third-order valence-corrected chi connectivity index (χ3v) is 3.94. The summed E-state index contributed by atoms with van der Waals surface area (Å²) in [5.74, 6) is -0.230. The van der Waals surface area contributed by atoms with Crippen LogP contribution in [0.4, 0.5) is 5.69 Å². The molecule has 0 aliphatic heterocycles. The predicted octanol–water partition coefficient (Wildman–Crippen LogP) is 0.796. The average Bonchev–Trinajstić information content (AvgIpc) is 3.23. The summed E-state index contributed by atoms with van der Waals surface area (Å²) in [6, 6.07) is 14.0. The maximum Gasteiger partial charge on any atom is 0.277 e. The molecule has 1 N–H and O–H groups in total. The van der Waals surface area contributed by atoms with Crippen molar-refractivity contribution in [3.05, 3.63) is 65.2 Å². The second-order valence-corrected chi connectivity index (χ2v) is 5.73. The molecule has 2 heterocycles. The Labute approximate surface area is 152 Å². The topological polar surface area (TPSA) is 120 Å². The van der Waals surface area contributed by atoms with Gasteiger partial charge in [0.25, 0.3) is 5.56 Å². The maximum absolute atomic E-state index is 12.4. The molecule has 4 rings (SSSR count). The highest BCUT2D eigenvalue weighted by Gasteiger charge is 2.08. The third-order valence-electron chi connectivity index (χ3n) is 3.94. The van der Waals surface area contributed by atoms with E-state index in [-0.39, 0.29) is 24.4 Å². The van der Waals surface area contributed by atoms with Crippen molar-refractivity contribution < 1.29 is 4.79 Å². The number of benzene rings is 2. The van der Waals surface area contributed by atoms with Gasteiger partial charge in [0.1, 0.15) is 11.8 Å². The normalized spacial score (nSPS) is 10.8. The number of tetrazole rings is 1. The van der Waals surface area contributed by atoms with E-state index in [1.54, 1.807) is 48.5 Å². The Bertz CT molecular complexity index is 1140. The van der Waals surface area contributed by atoms with Gasteiger partial charge in [-0.05, 0) is 46.8 Å². The lowest BCUT2D eigenvalue weighted by molar-refractivity contribution is -0.116. The zero-order valence-electron chi connectivity index (χ0n) is 14.1. The molecule has 0 radical (unpaired) electrons. The molecule has 27 heavy (non-hydrogen) atoms. The minimum Gasteiger partial charge on any atom is -0.326 e. The minimum atomic E-state index is -0.265. The van der Waals surface area contributed by atoms with Gasteiger partial charge < -0.3 is 5.32 Å². The number of nitrogens with zero attached hydrogens (tertiary/aromatic N) is 7. The molecule has 10 nitrogen and oxygen atoms in total. The molecule has 2 aromatic heterocycles. The van der Waals surface area contributed by atoms with E-state index in [4.69, 9.17) is 0 Å². The quantitative estimate of drug-likeness (QED) is 0.557. The van der Waals surface area contributed by atoms with Gasteiger partial charge in [0.05, 0.1) is 17.6 Å². The molecular weight excluding hydrogens is 348 g/mol. The number of nitrogens with one attached hydrogen (secondary N) is 1. The van der Waals surface area contributed by atoms with Crippen molar-refractivity contribution in [3.63, 3.8) is 0 Å². The summed E-state index contributed by atoms with van der Waals surface area (Å²) in [6.45, 7) is 0.144. The zero-order chi connectivity index (χ0) is 18.6. The van der Waals surface area contributed by atoms with Gasteiger partial charge in [-0.15, -0.1) is 10.2 Å². The molecule has 2 aromatic carbocycles. The molecule has 0 saturated heterocycles. The predicted molar refractivity (Wildman–Crippen MR) is 96.2 cm³/mol. The summed E-state index contributed by atoms with van der Waals surface area (Å²) in [5.41, 5.74) is 1.68. The van der Waals surface area contributed by atoms with Crippen LogP contribution in [0.2, 0.25) is 0 Å². The fourth-order valence-electron chi connectivity index (χ4n) is 2.58. The molecule has 134 valence electrons. The average molecular weight is 362 g/mol. The van der Waals surface area contributed by atoms with Crippen LogP contribution in [0, 0.1) is 0 Å². The van der Waals surface area contributed by atoms with Gasteiger partial charge in [-0.2, -0.15) is 0 Å². The first-order valence-electron chi connectivity index (χ1n) is 8.16. The Hall–Kier alpha value is -3.95. The summed E-state index contributed by atoms with van der Waals surface area (Å²) in [7, 11) is 0. The van der Waals surface area contributed by atoms with Gasteiger partial charge >= 0.3 is 0 Å². The van der Waals surface area contributed by atoms with Crippen LogP contribution in [0.3, 0.4) is 0 Å². The number of hydrogen-bond acceptors (Lipinski definition) is 7. The fourth-order valence-corrected chi connectivity index (χ4v) is 2.58. The van der Waals surface area contributed by atoms with Crippen molar-refractivity contribution in [2.24, 2.45) is 0 Å². The Morgan fingerprint density at radius 3 is 2.63 bits per heavy atom. The first kappa shape index (κ1) is 16.5. The van der Waals surface area contributed by atoms with E-state index < -0.39 is 0 Å². The molecule has 0 unspecified atom stereocenters. The van der Waals surface area contributed by atoms with Crippen LogP contribution in [0.25, 0.3) is 16.6 Å². The fraction of sp³-hybridized carbons (Fsp3) is 0.118. The van der Waals surface area contributed by atoms with E-state index in [0.717, 1.165) is 5.69 Å². The second kappa shape index (κ2) is 7.12. The minimum absolute atomic E-state index is 0.0989. The molecule has 0 aliphatic rings. The summed E-state index contributed by atoms with van der Waals surface area (Å²) in [6.07, 6.45) is 1.58. The summed E-state index contributed by atoms with van der Waals surface area (Å²) < 4.78 is 2.71. The molecule has 0 aliphatic carbocycles. The van der Waals surface area contributed by atoms with Crippen molar-refractivity contribution in [3.8, 4) is 5.69 Å². The molecule has 10 heteroatoms. The molecule has 0 atom stereocenters. The molecule has 0 spiro atoms. The molecule has 0 bridgehead atoms. The lowest BCUT2D eigenvalue weighted by Gasteiger charge is -2.07. The van der Waals surface area contributed by atoms with Crippen molar-refractivity contribution >= 4 is 22.5 Å². The number of aromatic nitrogens is 7. The van der Waals surface area contributed by atoms with Gasteiger partial charge in [0.15, 0.2) is 0 Å². The van der Waals surface area contributed by atoms with Crippen LogP contribution in [0.1, 0.15) is 6.42 Å². The van der Waals surface area contributed by atoms with Crippen LogP contribution >= 0.6 is 0 Å². The van der Waals surface area contributed by atoms with Crippen LogP contribution in [0.15, 0.2) is 59.7 Å². The largest absolute Gasteiger partial charge is 0.326 e. The second-order valence-electron chi connectivity index (χ2n) is 5.73. The summed E-state index contributed by atoms with van der Waals surface area (Å²) >= 11 is 0.